The van der Waals surface area contributed by atoms with E-state index in [0.717, 1.165) is 5.56 Å². The standard InChI is InChI=1S/C19H23ClN2O3/c1-18(2,3)25-17(24)19(13-21)8-10-22(11-9-19)16(23)12-14-4-6-15(20)7-5-14/h4-7H,8-12H2,1-3H3. The number of esters is 1. The Morgan fingerprint density at radius 2 is 1.80 bits per heavy atom. The van der Waals surface area contributed by atoms with Crippen molar-refractivity contribution in [3.05, 3.63) is 34.9 Å². The van der Waals surface area contributed by atoms with Crippen LogP contribution < -0.4 is 0 Å². The van der Waals surface area contributed by atoms with E-state index in [9.17, 15) is 14.9 Å². The highest BCUT2D eigenvalue weighted by Gasteiger charge is 2.45. The van der Waals surface area contributed by atoms with Crippen molar-refractivity contribution in [1.29, 1.82) is 5.26 Å². The lowest BCUT2D eigenvalue weighted by molar-refractivity contribution is -0.167. The zero-order valence-electron chi connectivity index (χ0n) is 14.8. The predicted molar refractivity (Wildman–Crippen MR) is 94.9 cm³/mol. The molecule has 1 heterocycles. The van der Waals surface area contributed by atoms with Crippen molar-refractivity contribution in [2.24, 2.45) is 5.41 Å². The zero-order valence-corrected chi connectivity index (χ0v) is 15.6. The maximum atomic E-state index is 12.4. The predicted octanol–water partition coefficient (Wildman–Crippen LogP) is 3.36. The molecule has 0 radical (unpaired) electrons. The third-order valence-corrected chi connectivity index (χ3v) is 4.49. The number of likely N-dealkylation sites (tertiary alicyclic amines) is 1. The Labute approximate surface area is 153 Å². The number of nitriles is 1. The van der Waals surface area contributed by atoms with E-state index >= 15 is 0 Å². The first-order chi connectivity index (χ1) is 11.6. The molecule has 1 fully saturated rings. The minimum absolute atomic E-state index is 0.0157. The van der Waals surface area contributed by atoms with Crippen LogP contribution in [-0.2, 0) is 20.7 Å². The first kappa shape index (κ1) is 19.3. The summed E-state index contributed by atoms with van der Waals surface area (Å²) in [7, 11) is 0. The van der Waals surface area contributed by atoms with E-state index in [0.29, 0.717) is 31.0 Å². The van der Waals surface area contributed by atoms with Crippen molar-refractivity contribution >= 4 is 23.5 Å². The van der Waals surface area contributed by atoms with Crippen molar-refractivity contribution in [3.63, 3.8) is 0 Å². The van der Waals surface area contributed by atoms with Crippen LogP contribution in [0.15, 0.2) is 24.3 Å². The second-order valence-electron chi connectivity index (χ2n) is 7.38. The summed E-state index contributed by atoms with van der Waals surface area (Å²) in [6.45, 7) is 6.08. The van der Waals surface area contributed by atoms with Crippen LogP contribution in [0.5, 0.6) is 0 Å². The Kier molecular flexibility index (Phi) is 5.74. The highest BCUT2D eigenvalue weighted by molar-refractivity contribution is 6.30. The topological polar surface area (TPSA) is 70.4 Å². The van der Waals surface area contributed by atoms with Gasteiger partial charge >= 0.3 is 5.97 Å². The van der Waals surface area contributed by atoms with E-state index in [1.54, 1.807) is 37.8 Å². The molecule has 0 aliphatic carbocycles. The molecule has 25 heavy (non-hydrogen) atoms. The zero-order chi connectivity index (χ0) is 18.7. The number of halogens is 1. The van der Waals surface area contributed by atoms with Gasteiger partial charge in [-0.25, -0.2) is 0 Å². The molecular weight excluding hydrogens is 340 g/mol. The van der Waals surface area contributed by atoms with E-state index in [2.05, 4.69) is 6.07 Å². The number of carbonyl (C=O) groups excluding carboxylic acids is 2. The van der Waals surface area contributed by atoms with Gasteiger partial charge in [-0.2, -0.15) is 5.26 Å². The number of nitrogens with zero attached hydrogens (tertiary/aromatic N) is 2. The number of carbonyl (C=O) groups is 2. The van der Waals surface area contributed by atoms with Crippen LogP contribution in [-0.4, -0.2) is 35.5 Å². The number of piperidine rings is 1. The molecule has 2 rings (SSSR count). The van der Waals surface area contributed by atoms with Gasteiger partial charge < -0.3 is 9.64 Å². The van der Waals surface area contributed by atoms with Crippen LogP contribution in [0.4, 0.5) is 0 Å². The van der Waals surface area contributed by atoms with Crippen LogP contribution in [0.25, 0.3) is 0 Å². The first-order valence-corrected chi connectivity index (χ1v) is 8.70. The fraction of sp³-hybridized carbons (Fsp3) is 0.526. The average Bonchev–Trinajstić information content (AvgIpc) is 2.55. The van der Waals surface area contributed by atoms with Gasteiger partial charge in [0.25, 0.3) is 0 Å². The molecule has 0 N–H and O–H groups in total. The van der Waals surface area contributed by atoms with Crippen LogP contribution in [0.3, 0.4) is 0 Å². The van der Waals surface area contributed by atoms with Crippen molar-refractivity contribution in [1.82, 2.24) is 4.90 Å². The smallest absolute Gasteiger partial charge is 0.327 e. The number of hydrogen-bond donors (Lipinski definition) is 0. The van der Waals surface area contributed by atoms with E-state index < -0.39 is 17.0 Å². The lowest BCUT2D eigenvalue weighted by Crippen LogP contribution is -2.48. The maximum absolute atomic E-state index is 12.4. The lowest BCUT2D eigenvalue weighted by Gasteiger charge is -2.37. The Balaban J connectivity index is 1.97. The normalized spacial score (nSPS) is 16.8. The van der Waals surface area contributed by atoms with Gasteiger partial charge in [-0.1, -0.05) is 23.7 Å². The molecule has 0 bridgehead atoms. The minimum Gasteiger partial charge on any atom is -0.459 e. The van der Waals surface area contributed by atoms with Gasteiger partial charge in [-0.05, 0) is 51.3 Å². The van der Waals surface area contributed by atoms with E-state index in [1.807, 2.05) is 12.1 Å². The molecule has 6 heteroatoms. The summed E-state index contributed by atoms with van der Waals surface area (Å²) in [4.78, 5) is 26.6. The third kappa shape index (κ3) is 4.96. The SMILES string of the molecule is CC(C)(C)OC(=O)C1(C#N)CCN(C(=O)Cc2ccc(Cl)cc2)CC1. The summed E-state index contributed by atoms with van der Waals surface area (Å²) in [6, 6.07) is 9.28. The van der Waals surface area contributed by atoms with E-state index in [-0.39, 0.29) is 12.3 Å². The highest BCUT2D eigenvalue weighted by atomic mass is 35.5. The molecule has 134 valence electrons. The Morgan fingerprint density at radius 3 is 2.28 bits per heavy atom. The van der Waals surface area contributed by atoms with Gasteiger partial charge in [0.05, 0.1) is 12.5 Å². The molecule has 0 aromatic heterocycles. The number of benzene rings is 1. The van der Waals surface area contributed by atoms with Gasteiger partial charge in [0.2, 0.25) is 5.91 Å². The van der Waals surface area contributed by atoms with Gasteiger partial charge in [-0.15, -0.1) is 0 Å². The number of rotatable bonds is 3. The summed E-state index contributed by atoms with van der Waals surface area (Å²) in [5.41, 5.74) is -0.911. The summed E-state index contributed by atoms with van der Waals surface area (Å²) >= 11 is 5.85. The second kappa shape index (κ2) is 7.45. The molecule has 1 aliphatic rings. The van der Waals surface area contributed by atoms with Crippen molar-refractivity contribution in [2.45, 2.75) is 45.6 Å². The van der Waals surface area contributed by atoms with E-state index in [1.165, 1.54) is 0 Å². The van der Waals surface area contributed by atoms with Gasteiger partial charge in [0, 0.05) is 18.1 Å². The largest absolute Gasteiger partial charge is 0.459 e. The summed E-state index contributed by atoms with van der Waals surface area (Å²) in [5.74, 6) is -0.509. The fourth-order valence-corrected chi connectivity index (χ4v) is 2.89. The quantitative estimate of drug-likeness (QED) is 0.773. The first-order valence-electron chi connectivity index (χ1n) is 8.32. The Bertz CT molecular complexity index is 678. The van der Waals surface area contributed by atoms with Crippen LogP contribution in [0, 0.1) is 16.7 Å². The molecule has 5 nitrogen and oxygen atoms in total. The molecule has 0 saturated carbocycles. The van der Waals surface area contributed by atoms with Gasteiger partial charge in [0.15, 0.2) is 5.41 Å². The Hall–Kier alpha value is -2.06. The molecular formula is C19H23ClN2O3. The fourth-order valence-electron chi connectivity index (χ4n) is 2.76. The highest BCUT2D eigenvalue weighted by Crippen LogP contribution is 2.34. The number of ether oxygens (including phenoxy) is 1. The number of amides is 1. The molecule has 0 spiro atoms. The minimum atomic E-state index is -1.16. The molecule has 1 amide bonds. The molecule has 1 saturated heterocycles. The molecule has 1 aliphatic heterocycles. The molecule has 0 atom stereocenters. The van der Waals surface area contributed by atoms with Crippen molar-refractivity contribution < 1.29 is 14.3 Å². The number of hydrogen-bond acceptors (Lipinski definition) is 4. The molecule has 1 aromatic rings. The van der Waals surface area contributed by atoms with Crippen LogP contribution >= 0.6 is 11.6 Å². The third-order valence-electron chi connectivity index (χ3n) is 4.24. The molecule has 0 unspecified atom stereocenters. The Morgan fingerprint density at radius 1 is 1.24 bits per heavy atom. The lowest BCUT2D eigenvalue weighted by atomic mass is 9.79. The van der Waals surface area contributed by atoms with Crippen LogP contribution in [0.2, 0.25) is 5.02 Å². The summed E-state index contributed by atoms with van der Waals surface area (Å²) < 4.78 is 5.40. The summed E-state index contributed by atoms with van der Waals surface area (Å²) in [5, 5.41) is 10.2. The van der Waals surface area contributed by atoms with E-state index in [4.69, 9.17) is 16.3 Å². The average molecular weight is 363 g/mol. The maximum Gasteiger partial charge on any atom is 0.327 e. The van der Waals surface area contributed by atoms with Crippen molar-refractivity contribution in [3.8, 4) is 6.07 Å². The van der Waals surface area contributed by atoms with Crippen LogP contribution in [0.1, 0.15) is 39.2 Å². The molecule has 1 aromatic carbocycles. The van der Waals surface area contributed by atoms with Crippen molar-refractivity contribution in [2.75, 3.05) is 13.1 Å². The summed E-state index contributed by atoms with van der Waals surface area (Å²) in [6.07, 6.45) is 0.874. The second-order valence-corrected chi connectivity index (χ2v) is 7.82. The monoisotopic (exact) mass is 362 g/mol. The van der Waals surface area contributed by atoms with Gasteiger partial charge in [-0.3, -0.25) is 9.59 Å². The van der Waals surface area contributed by atoms with Gasteiger partial charge in [0.1, 0.15) is 5.60 Å².